The summed E-state index contributed by atoms with van der Waals surface area (Å²) in [5.41, 5.74) is 25.8. The topological polar surface area (TPSA) is 0 Å². The van der Waals surface area contributed by atoms with Crippen LogP contribution in [0.4, 0.5) is 0 Å². The minimum atomic E-state index is -4.76. The van der Waals surface area contributed by atoms with Crippen LogP contribution in [0, 0.1) is 0 Å². The van der Waals surface area contributed by atoms with E-state index in [1.54, 1.807) is 0 Å². The molecule has 0 saturated heterocycles. The molecule has 434 valence electrons. The zero-order valence-electron chi connectivity index (χ0n) is 50.8. The van der Waals surface area contributed by atoms with E-state index < -0.39 is 7.38 Å². The molecule has 0 atom stereocenters. The molecule has 0 saturated carbocycles. The van der Waals surface area contributed by atoms with Crippen LogP contribution in [0.3, 0.4) is 0 Å². The van der Waals surface area contributed by atoms with Crippen molar-refractivity contribution in [1.82, 2.24) is 0 Å². The Morgan fingerprint density at radius 2 is 0.250 bits per heavy atom. The van der Waals surface area contributed by atoms with E-state index in [2.05, 4.69) is 382 Å². The third-order valence-electron chi connectivity index (χ3n) is 17.9. The lowest BCUT2D eigenvalue weighted by molar-refractivity contribution is 1.54. The summed E-state index contributed by atoms with van der Waals surface area (Å²) in [5.74, 6) is 0. The van der Waals surface area contributed by atoms with Crippen molar-refractivity contribution >= 4 is 34.0 Å². The van der Waals surface area contributed by atoms with Gasteiger partial charge >= 0.3 is 0 Å². The molecule has 0 unspecified atom stereocenters. The van der Waals surface area contributed by atoms with Gasteiger partial charge in [0.05, 0.1) is 0 Å². The Morgan fingerprint density at radius 3 is 0.370 bits per heavy atom. The lowest BCUT2D eigenvalue weighted by atomic mass is 9.84. The van der Waals surface area contributed by atoms with Crippen molar-refractivity contribution in [3.8, 4) is 134 Å². The first-order valence-corrected chi connectivity index (χ1v) is 34.6. The Morgan fingerprint density at radius 1 is 0.141 bits per heavy atom. The van der Waals surface area contributed by atoms with Crippen LogP contribution in [0.25, 0.3) is 134 Å². The van der Waals surface area contributed by atoms with E-state index in [1.807, 2.05) is 0 Å². The van der Waals surface area contributed by atoms with Gasteiger partial charge in [-0.15, -0.1) is 11.1 Å². The molecular weight excluding hydrogens is 1140 g/mol. The zero-order chi connectivity index (χ0) is 61.6. The van der Waals surface area contributed by atoms with Crippen LogP contribution in [0.15, 0.2) is 382 Å². The SMILES string of the molecule is Cl[Si](c1c(-c2ccccc2)c(-c2ccccc2)cc(-c2ccccc2)c1-c1ccccc1)(c1c(-c2ccccc2)c(-c2ccccc2)cc(-c2ccccc2)c1-c1ccccc1)c1c(-c2ccccc2)c(-c2ccccc2)cc(-c2ccccc2)c1-c1ccccc1. The van der Waals surface area contributed by atoms with E-state index in [-0.39, 0.29) is 0 Å². The average Bonchev–Trinajstić information content (AvgIpc) is 0.684. The average molecular weight is 1210 g/mol. The standard InChI is InChI=1S/C90H63ClSi/c91-92(88-82(70-49-25-7-26-50-70)76(64-37-13-1-14-38-64)61-77(65-39-15-2-16-40-65)83(88)71-51-27-8-28-52-71,89-84(72-53-29-9-30-54-72)78(66-41-17-3-18-42-66)62-79(67-43-19-4-20-44-67)85(89)73-55-31-10-32-56-73)90-86(74-57-33-11-34-58-74)80(68-45-21-5-22-46-68)63-81(69-47-23-6-24-48-69)87(90)75-59-35-12-36-60-75/h1-63H. The Kier molecular flexibility index (Phi) is 16.0. The first kappa shape index (κ1) is 57.3. The largest absolute Gasteiger partial charge is 0.251 e. The normalized spacial score (nSPS) is 11.3. The molecule has 15 aromatic rings. The van der Waals surface area contributed by atoms with Gasteiger partial charge < -0.3 is 0 Å². The molecule has 0 aliphatic carbocycles. The smallest absolute Gasteiger partial charge is 0.149 e. The van der Waals surface area contributed by atoms with Crippen molar-refractivity contribution in [2.75, 3.05) is 0 Å². The molecule has 2 heteroatoms. The fraction of sp³-hybridized carbons (Fsp3) is 0. The predicted molar refractivity (Wildman–Crippen MR) is 395 cm³/mol. The number of benzene rings is 15. The Labute approximate surface area is 546 Å². The Hall–Kier alpha value is -11.2. The molecule has 0 spiro atoms. The number of hydrogen-bond acceptors (Lipinski definition) is 0. The van der Waals surface area contributed by atoms with Crippen molar-refractivity contribution in [1.29, 1.82) is 0 Å². The van der Waals surface area contributed by atoms with E-state index in [0.29, 0.717) is 0 Å². The van der Waals surface area contributed by atoms with Gasteiger partial charge in [-0.05, 0) is 167 Å². The minimum Gasteiger partial charge on any atom is -0.149 e. The summed E-state index contributed by atoms with van der Waals surface area (Å²) < 4.78 is 0. The summed E-state index contributed by atoms with van der Waals surface area (Å²) in [6.07, 6.45) is 0. The van der Waals surface area contributed by atoms with Gasteiger partial charge in [0.1, 0.15) is 0 Å². The first-order valence-electron chi connectivity index (χ1n) is 31.6. The maximum Gasteiger partial charge on any atom is 0.251 e. The molecule has 0 aromatic heterocycles. The van der Waals surface area contributed by atoms with Crippen LogP contribution in [0.1, 0.15) is 0 Å². The maximum atomic E-state index is 10.9. The van der Waals surface area contributed by atoms with E-state index in [0.717, 1.165) is 149 Å². The summed E-state index contributed by atoms with van der Waals surface area (Å²) in [5, 5.41) is 3.23. The lowest BCUT2D eigenvalue weighted by Gasteiger charge is -2.41. The molecule has 0 amide bonds. The fourth-order valence-corrected chi connectivity index (χ4v) is 20.1. The summed E-state index contributed by atoms with van der Waals surface area (Å²) in [4.78, 5) is 0. The second kappa shape index (κ2) is 25.7. The molecule has 0 heterocycles. The molecule has 15 aromatic carbocycles. The summed E-state index contributed by atoms with van der Waals surface area (Å²) in [6.45, 7) is 0. The quantitative estimate of drug-likeness (QED) is 0.0545. The highest BCUT2D eigenvalue weighted by Gasteiger charge is 2.51. The van der Waals surface area contributed by atoms with E-state index in [1.165, 1.54) is 0 Å². The van der Waals surface area contributed by atoms with Gasteiger partial charge in [0, 0.05) is 0 Å². The summed E-state index contributed by atoms with van der Waals surface area (Å²) in [7, 11) is -4.76. The van der Waals surface area contributed by atoms with Crippen LogP contribution < -0.4 is 15.6 Å². The van der Waals surface area contributed by atoms with Crippen molar-refractivity contribution in [2.24, 2.45) is 0 Å². The molecule has 0 aliphatic heterocycles. The van der Waals surface area contributed by atoms with Gasteiger partial charge in [-0.25, -0.2) is 0 Å². The van der Waals surface area contributed by atoms with Gasteiger partial charge in [0.2, 0.25) is 0 Å². The zero-order valence-corrected chi connectivity index (χ0v) is 52.5. The highest BCUT2D eigenvalue weighted by atomic mass is 35.6. The van der Waals surface area contributed by atoms with Gasteiger partial charge in [-0.2, -0.15) is 0 Å². The second-order valence-corrected chi connectivity index (χ2v) is 27.9. The molecular formula is C90H63ClSi. The third kappa shape index (κ3) is 10.7. The fourth-order valence-electron chi connectivity index (χ4n) is 14.0. The molecule has 0 nitrogen and oxygen atoms in total. The molecule has 0 N–H and O–H groups in total. The van der Waals surface area contributed by atoms with E-state index in [4.69, 9.17) is 0 Å². The summed E-state index contributed by atoms with van der Waals surface area (Å²) >= 11 is 10.9. The highest BCUT2D eigenvalue weighted by molar-refractivity contribution is 7.42. The third-order valence-corrected chi connectivity index (χ3v) is 23.2. The van der Waals surface area contributed by atoms with Crippen molar-refractivity contribution in [3.05, 3.63) is 382 Å². The van der Waals surface area contributed by atoms with Crippen molar-refractivity contribution in [2.45, 2.75) is 0 Å². The monoisotopic (exact) mass is 1210 g/mol. The lowest BCUT2D eigenvalue weighted by Crippen LogP contribution is -2.66. The Bertz CT molecular complexity index is 4180. The molecule has 0 radical (unpaired) electrons. The maximum absolute atomic E-state index is 10.9. The molecule has 0 bridgehead atoms. The molecule has 92 heavy (non-hydrogen) atoms. The van der Waals surface area contributed by atoms with Gasteiger partial charge in [0.25, 0.3) is 7.38 Å². The predicted octanol–water partition coefficient (Wildman–Crippen LogP) is 22.9. The van der Waals surface area contributed by atoms with Crippen LogP contribution in [0.2, 0.25) is 0 Å². The van der Waals surface area contributed by atoms with Crippen LogP contribution in [0.5, 0.6) is 0 Å². The van der Waals surface area contributed by atoms with Gasteiger partial charge in [-0.1, -0.05) is 364 Å². The number of halogens is 1. The van der Waals surface area contributed by atoms with Crippen LogP contribution in [-0.2, 0) is 0 Å². The van der Waals surface area contributed by atoms with E-state index >= 15 is 0 Å². The van der Waals surface area contributed by atoms with Crippen molar-refractivity contribution < 1.29 is 0 Å². The number of hydrogen-bond donors (Lipinski definition) is 0. The van der Waals surface area contributed by atoms with E-state index in [9.17, 15) is 11.1 Å². The minimum absolute atomic E-state index is 1.06. The van der Waals surface area contributed by atoms with Crippen molar-refractivity contribution in [3.63, 3.8) is 0 Å². The van der Waals surface area contributed by atoms with Crippen LogP contribution in [-0.4, -0.2) is 7.38 Å². The molecule has 0 fully saturated rings. The highest BCUT2D eigenvalue weighted by Crippen LogP contribution is 2.51. The van der Waals surface area contributed by atoms with Gasteiger partial charge in [-0.3, -0.25) is 0 Å². The molecule has 0 aliphatic rings. The first-order chi connectivity index (χ1) is 45.6. The van der Waals surface area contributed by atoms with Crippen LogP contribution >= 0.6 is 11.1 Å². The second-order valence-electron chi connectivity index (χ2n) is 23.3. The number of rotatable bonds is 15. The van der Waals surface area contributed by atoms with Gasteiger partial charge in [0.15, 0.2) is 0 Å². The molecule has 15 rings (SSSR count). The summed E-state index contributed by atoms with van der Waals surface area (Å²) in [6, 6.07) is 141. The Balaban J connectivity index is 1.36.